The quantitative estimate of drug-likeness (QED) is 0.0254. The molecule has 0 aliphatic carbocycles. The van der Waals surface area contributed by atoms with Gasteiger partial charge in [-0.3, -0.25) is 76.7 Å². The summed E-state index contributed by atoms with van der Waals surface area (Å²) in [4.78, 5) is 233. The van der Waals surface area contributed by atoms with Gasteiger partial charge in [-0.05, 0) is 106 Å². The number of rotatable bonds is 47. The Morgan fingerprint density at radius 1 is 0.425 bits per heavy atom. The number of aliphatic hydroxyl groups excluding tert-OH is 2. The van der Waals surface area contributed by atoms with Gasteiger partial charge >= 0.3 is 17.9 Å². The lowest BCUT2D eigenvalue weighted by Crippen LogP contribution is -2.62. The molecule has 0 unspecified atom stereocenters. The summed E-state index contributed by atoms with van der Waals surface area (Å²) >= 11 is 0. The van der Waals surface area contributed by atoms with Crippen molar-refractivity contribution in [2.75, 3.05) is 32.8 Å². The van der Waals surface area contributed by atoms with Crippen molar-refractivity contribution in [2.24, 2.45) is 52.7 Å². The summed E-state index contributed by atoms with van der Waals surface area (Å²) in [6.45, 7) is 18.2. The van der Waals surface area contributed by atoms with Gasteiger partial charge in [0.2, 0.25) is 82.7 Å². The van der Waals surface area contributed by atoms with Gasteiger partial charge in [-0.25, -0.2) is 4.79 Å². The average molecular weight is 1510 g/mol. The summed E-state index contributed by atoms with van der Waals surface area (Å²) in [6, 6.07) is -21.0. The lowest BCUT2D eigenvalue weighted by molar-refractivity contribution is -0.146. The Hall–Kier alpha value is -9.17. The number of likely N-dealkylation sites (tertiary alicyclic amines) is 2. The van der Waals surface area contributed by atoms with Gasteiger partial charge in [0.05, 0.1) is 32.1 Å². The molecule has 38 heteroatoms. The van der Waals surface area contributed by atoms with Gasteiger partial charge in [-0.1, -0.05) is 89.5 Å². The maximum absolute atomic E-state index is 14.4. The highest BCUT2D eigenvalue weighted by Gasteiger charge is 2.44. The van der Waals surface area contributed by atoms with Crippen molar-refractivity contribution in [3.05, 3.63) is 0 Å². The van der Waals surface area contributed by atoms with Crippen LogP contribution in [0.25, 0.3) is 0 Å². The lowest BCUT2D eigenvalue weighted by Gasteiger charge is -2.32. The van der Waals surface area contributed by atoms with E-state index in [4.69, 9.17) is 17.2 Å². The molecule has 106 heavy (non-hydrogen) atoms. The predicted octanol–water partition coefficient (Wildman–Crippen LogP) is -4.85. The molecule has 0 aromatic rings. The summed E-state index contributed by atoms with van der Waals surface area (Å²) in [5.41, 5.74) is 17.5. The third-order valence-electron chi connectivity index (χ3n) is 18.2. The molecule has 15 atom stereocenters. The fraction of sp³-hybridized carbons (Fsp3) is 0.750. The first-order valence-corrected chi connectivity index (χ1v) is 36.1. The molecule has 14 amide bonds. The maximum Gasteiger partial charge on any atom is 0.328 e. The first kappa shape index (κ1) is 92.9. The largest absolute Gasteiger partial charge is 0.481 e. The van der Waals surface area contributed by atoms with E-state index >= 15 is 0 Å². The number of carbonyl (C=O) groups excluding carboxylic acids is 14. The van der Waals surface area contributed by atoms with Crippen molar-refractivity contribution in [1.29, 1.82) is 0 Å². The SMILES string of the molecule is CC[C@H](C)[C@H](NC(=O)[C@@H]1CCCN1C(=O)[C@@H](N)C(C)C)C(=O)N[C@H](C(=O)N[C@@H](CC(N)=O)C(=O)N[C@@H](CC(C)C)C(=O)N[C@@H](CCCCN)C(=O)N[C@@H](CC(=O)O)C(=O)N[C@@H](CCC(=O)O)C(=O)N[C@H](C(=O)N[C@@H](CC(C)C)C(=O)N[C@@H](CO)C(=O)N1CCC[C@H]1C(=O)N[C@@H](CO)C(=O)O)C(C)C)C(C)C. The van der Waals surface area contributed by atoms with E-state index in [1.165, 1.54) is 18.7 Å². The van der Waals surface area contributed by atoms with Crippen molar-refractivity contribution < 1.29 is 107 Å². The fourth-order valence-electron chi connectivity index (χ4n) is 11.8. The Bertz CT molecular complexity index is 3080. The molecule has 0 saturated carbocycles. The molecule has 2 rings (SSSR count). The minimum atomic E-state index is -2.07. The molecule has 38 nitrogen and oxygen atoms in total. The van der Waals surface area contributed by atoms with Crippen molar-refractivity contribution in [3.63, 3.8) is 0 Å². The van der Waals surface area contributed by atoms with Crippen molar-refractivity contribution in [1.82, 2.24) is 68.3 Å². The number of aliphatic hydroxyl groups is 2. The summed E-state index contributed by atoms with van der Waals surface area (Å²) in [5, 5.41) is 75.7. The smallest absolute Gasteiger partial charge is 0.328 e. The third kappa shape index (κ3) is 30.0. The topological polar surface area (TPSA) is 608 Å². The second-order valence-corrected chi connectivity index (χ2v) is 28.9. The predicted molar refractivity (Wildman–Crippen MR) is 379 cm³/mol. The normalized spacial score (nSPS) is 18.0. The van der Waals surface area contributed by atoms with Crippen LogP contribution >= 0.6 is 0 Å². The zero-order chi connectivity index (χ0) is 80.7. The number of aliphatic carboxylic acids is 3. The van der Waals surface area contributed by atoms with E-state index in [-0.39, 0.29) is 76.4 Å². The maximum atomic E-state index is 14.4. The van der Waals surface area contributed by atoms with E-state index in [1.807, 2.05) is 0 Å². The number of amides is 14. The molecule has 22 N–H and O–H groups in total. The molecule has 2 heterocycles. The van der Waals surface area contributed by atoms with E-state index in [0.29, 0.717) is 19.3 Å². The Morgan fingerprint density at radius 2 is 0.811 bits per heavy atom. The van der Waals surface area contributed by atoms with Crippen LogP contribution in [0.5, 0.6) is 0 Å². The second-order valence-electron chi connectivity index (χ2n) is 28.9. The van der Waals surface area contributed by atoms with Crippen LogP contribution in [0.15, 0.2) is 0 Å². The average Bonchev–Trinajstić information content (AvgIpc) is 1.62. The molecule has 0 radical (unpaired) electrons. The van der Waals surface area contributed by atoms with E-state index < -0.39 is 248 Å². The van der Waals surface area contributed by atoms with Crippen LogP contribution in [0.1, 0.15) is 173 Å². The van der Waals surface area contributed by atoms with Crippen LogP contribution in [0.3, 0.4) is 0 Å². The molecule has 0 spiro atoms. The molecule has 0 aromatic heterocycles. The van der Waals surface area contributed by atoms with Crippen LogP contribution < -0.4 is 75.7 Å². The monoisotopic (exact) mass is 1510 g/mol. The Morgan fingerprint density at radius 3 is 1.24 bits per heavy atom. The molecule has 0 bridgehead atoms. The van der Waals surface area contributed by atoms with Gasteiger partial charge in [-0.2, -0.15) is 0 Å². The number of carboxylic acid groups (broad SMARTS) is 3. The summed E-state index contributed by atoms with van der Waals surface area (Å²) in [7, 11) is 0. The zero-order valence-electron chi connectivity index (χ0n) is 62.8. The molecule has 600 valence electrons. The zero-order valence-corrected chi connectivity index (χ0v) is 62.8. The minimum Gasteiger partial charge on any atom is -0.481 e. The van der Waals surface area contributed by atoms with E-state index in [1.54, 1.807) is 69.2 Å². The van der Waals surface area contributed by atoms with Crippen LogP contribution in [-0.4, -0.2) is 253 Å². The van der Waals surface area contributed by atoms with E-state index in [9.17, 15) is 107 Å². The highest BCUT2D eigenvalue weighted by molar-refractivity contribution is 6.01. The van der Waals surface area contributed by atoms with Crippen LogP contribution in [0, 0.1) is 35.5 Å². The molecular formula is C68H116N16O22. The molecule has 2 aliphatic rings. The summed E-state index contributed by atoms with van der Waals surface area (Å²) in [6.07, 6.45) is -2.05. The standard InChI is InChI=1S/C68H116N16O22/c1-13-37(12)54(82-62(99)47-20-17-25-84(47)67(104)51(71)34(6)7)65(102)81-53(36(10)11)64(101)77-42(28-48(70)87)59(96)74-40(26-32(2)3)57(94)72-38(18-14-15-23-69)55(92)75-43(29-50(90)91)60(97)73-39(21-22-49(88)89)56(93)80-52(35(8)9)63(100)76-41(27-33(4)5)58(95)78-44(30-85)66(103)83-24-16-19-46(83)61(98)79-45(31-86)68(105)106/h32-47,51-54,85-86H,13-31,69,71H2,1-12H3,(H2,70,87)(H,72,94)(H,73,97)(H,74,96)(H,75,92)(H,76,100)(H,77,101)(H,78,95)(H,79,98)(H,80,93)(H,81,102)(H,82,99)(H,88,89)(H,90,91)(H,105,106)/t37-,38-,39-,40-,41-,42-,43-,44-,45-,46-,47-,51-,52-,53-,54-/m0/s1. The molecule has 2 saturated heterocycles. The van der Waals surface area contributed by atoms with E-state index in [0.717, 1.165) is 4.90 Å². The lowest BCUT2D eigenvalue weighted by atomic mass is 9.95. The van der Waals surface area contributed by atoms with Crippen LogP contribution in [0.2, 0.25) is 0 Å². The molecule has 0 aromatic carbocycles. The fourth-order valence-corrected chi connectivity index (χ4v) is 11.8. The second kappa shape index (κ2) is 45.4. The highest BCUT2D eigenvalue weighted by Crippen LogP contribution is 2.23. The Balaban J connectivity index is 2.45. The van der Waals surface area contributed by atoms with Gasteiger partial charge in [0.25, 0.3) is 0 Å². The highest BCUT2D eigenvalue weighted by atomic mass is 16.4. The minimum absolute atomic E-state index is 0.0372. The van der Waals surface area contributed by atoms with Crippen LogP contribution in [0.4, 0.5) is 0 Å². The van der Waals surface area contributed by atoms with E-state index in [2.05, 4.69) is 58.5 Å². The van der Waals surface area contributed by atoms with Gasteiger partial charge in [0.15, 0.2) is 0 Å². The Kier molecular flexibility index (Phi) is 39.8. The molecule has 2 aliphatic heterocycles. The summed E-state index contributed by atoms with van der Waals surface area (Å²) in [5.74, 6) is -21.3. The summed E-state index contributed by atoms with van der Waals surface area (Å²) < 4.78 is 0. The van der Waals surface area contributed by atoms with Crippen LogP contribution in [-0.2, 0) is 81.5 Å². The van der Waals surface area contributed by atoms with Crippen molar-refractivity contribution in [3.8, 4) is 0 Å². The number of nitrogens with one attached hydrogen (secondary N) is 11. The van der Waals surface area contributed by atoms with Gasteiger partial charge in [-0.15, -0.1) is 0 Å². The number of hydrogen-bond acceptors (Lipinski definition) is 21. The molecular weight excluding hydrogens is 1390 g/mol. The number of unbranched alkanes of at least 4 members (excludes halogenated alkanes) is 1. The first-order chi connectivity index (χ1) is 49.5. The number of carbonyl (C=O) groups is 17. The van der Waals surface area contributed by atoms with Gasteiger partial charge in [0, 0.05) is 19.5 Å². The van der Waals surface area contributed by atoms with Gasteiger partial charge < -0.3 is 111 Å². The number of carboxylic acids is 3. The number of nitrogens with zero attached hydrogens (tertiary/aromatic N) is 2. The number of hydrogen-bond donors (Lipinski definition) is 19. The third-order valence-corrected chi connectivity index (χ3v) is 18.2. The first-order valence-electron chi connectivity index (χ1n) is 36.1. The van der Waals surface area contributed by atoms with Gasteiger partial charge in [0.1, 0.15) is 78.5 Å². The molecule has 2 fully saturated rings. The van der Waals surface area contributed by atoms with Crippen molar-refractivity contribution >= 4 is 101 Å². The van der Waals surface area contributed by atoms with Crippen molar-refractivity contribution in [2.45, 2.75) is 258 Å². The Labute approximate surface area is 616 Å². The number of primary amides is 1. The number of nitrogens with two attached hydrogens (primary N) is 3.